The van der Waals surface area contributed by atoms with E-state index in [-0.39, 0.29) is 11.6 Å². The Balaban J connectivity index is 1.49. The van der Waals surface area contributed by atoms with Crippen LogP contribution >= 0.6 is 0 Å². The quantitative estimate of drug-likeness (QED) is 0.520. The van der Waals surface area contributed by atoms with Gasteiger partial charge in [-0.15, -0.1) is 0 Å². The van der Waals surface area contributed by atoms with Gasteiger partial charge < -0.3 is 15.6 Å². The molecule has 2 aliphatic heterocycles. The maximum absolute atomic E-state index is 14.5. The summed E-state index contributed by atoms with van der Waals surface area (Å²) in [5.74, 6) is -4.34. The first-order valence-electron chi connectivity index (χ1n) is 11.7. The molecule has 2 amide bonds. The van der Waals surface area contributed by atoms with Crippen molar-refractivity contribution in [2.45, 2.75) is 12.7 Å². The highest BCUT2D eigenvalue weighted by molar-refractivity contribution is 6.16. The highest BCUT2D eigenvalue weighted by atomic mass is 19.4. The van der Waals surface area contributed by atoms with E-state index in [1.165, 1.54) is 6.08 Å². The van der Waals surface area contributed by atoms with Crippen molar-refractivity contribution >= 4 is 17.5 Å². The van der Waals surface area contributed by atoms with E-state index in [4.69, 9.17) is 4.99 Å². The number of alkyl halides is 3. The van der Waals surface area contributed by atoms with Crippen LogP contribution in [0.5, 0.6) is 0 Å². The lowest BCUT2D eigenvalue weighted by molar-refractivity contribution is -0.140. The number of carbonyl (C=O) groups excluding carboxylic acids is 2. The molecule has 3 N–H and O–H groups in total. The molecular weight excluding hydrogens is 502 g/mol. The lowest BCUT2D eigenvalue weighted by Crippen LogP contribution is -2.39. The molecule has 7 nitrogen and oxygen atoms in total. The standard InChI is InChI=1S/C27H23F4N5O2/c1-36(2)13-14-5-3-6-15(9-14)24-19-12-32-35-26(38)18-10-16(11-21(34-24)22(18)19)33-25(37)17-7-4-8-20(23(17)28)27(29,30)31/h3-12,18,22,32H,13H2,1-2H3,(H,33,37)(H,35,38). The van der Waals surface area contributed by atoms with Crippen molar-refractivity contribution in [3.63, 3.8) is 0 Å². The zero-order valence-electron chi connectivity index (χ0n) is 20.4. The smallest absolute Gasteiger partial charge is 0.322 e. The minimum Gasteiger partial charge on any atom is -0.322 e. The number of hydrazine groups is 1. The van der Waals surface area contributed by atoms with E-state index < -0.39 is 40.9 Å². The fraction of sp³-hybridized carbons (Fsp3) is 0.222. The van der Waals surface area contributed by atoms with Crippen molar-refractivity contribution in [2.24, 2.45) is 16.8 Å². The Morgan fingerprint density at radius 2 is 1.92 bits per heavy atom. The Bertz CT molecular complexity index is 1460. The molecule has 0 fully saturated rings. The lowest BCUT2D eigenvalue weighted by Gasteiger charge is -2.24. The van der Waals surface area contributed by atoms with Crippen molar-refractivity contribution in [1.29, 1.82) is 0 Å². The van der Waals surface area contributed by atoms with Crippen LogP contribution in [0, 0.1) is 17.7 Å². The summed E-state index contributed by atoms with van der Waals surface area (Å²) in [4.78, 5) is 32.5. The third-order valence-corrected chi connectivity index (χ3v) is 6.42. The summed E-state index contributed by atoms with van der Waals surface area (Å²) < 4.78 is 53.9. The first kappa shape index (κ1) is 25.4. The second-order valence-electron chi connectivity index (χ2n) is 9.45. The molecule has 0 saturated heterocycles. The molecule has 5 rings (SSSR count). The number of halogens is 4. The molecule has 1 aliphatic carbocycles. The number of nitrogens with one attached hydrogen (secondary N) is 3. The van der Waals surface area contributed by atoms with Crippen molar-refractivity contribution in [3.05, 3.63) is 106 Å². The van der Waals surface area contributed by atoms with Gasteiger partial charge in [-0.1, -0.05) is 24.3 Å². The number of rotatable bonds is 5. The molecule has 2 heterocycles. The molecular formula is C27H23F4N5O2. The molecule has 38 heavy (non-hydrogen) atoms. The SMILES string of the molecule is CN(C)Cc1cccc(C2=NC3=CC(NC(=O)c4cccc(C(F)(F)F)c4F)=CC4C(=O)NNC=C2C34)c1. The molecule has 2 atom stereocenters. The van der Waals surface area contributed by atoms with Gasteiger partial charge in [0.2, 0.25) is 5.91 Å². The predicted molar refractivity (Wildman–Crippen MR) is 132 cm³/mol. The van der Waals surface area contributed by atoms with Crippen molar-refractivity contribution in [3.8, 4) is 0 Å². The van der Waals surface area contributed by atoms with E-state index in [2.05, 4.69) is 16.2 Å². The summed E-state index contributed by atoms with van der Waals surface area (Å²) in [7, 11) is 3.93. The number of nitrogens with zero attached hydrogens (tertiary/aromatic N) is 2. The first-order chi connectivity index (χ1) is 18.0. The second-order valence-corrected chi connectivity index (χ2v) is 9.45. The summed E-state index contributed by atoms with van der Waals surface area (Å²) in [6, 6.07) is 10.3. The monoisotopic (exact) mass is 525 g/mol. The third-order valence-electron chi connectivity index (χ3n) is 6.42. The number of carbonyl (C=O) groups is 2. The van der Waals surface area contributed by atoms with Crippen molar-refractivity contribution < 1.29 is 27.2 Å². The highest BCUT2D eigenvalue weighted by Crippen LogP contribution is 2.42. The van der Waals surface area contributed by atoms with Crippen LogP contribution in [-0.2, 0) is 17.5 Å². The minimum absolute atomic E-state index is 0.130. The molecule has 2 aromatic carbocycles. The topological polar surface area (TPSA) is 85.8 Å². The van der Waals surface area contributed by atoms with E-state index in [1.807, 2.05) is 43.3 Å². The Hall–Kier alpha value is -4.25. The average molecular weight is 526 g/mol. The Morgan fingerprint density at radius 1 is 1.16 bits per heavy atom. The van der Waals surface area contributed by atoms with Crippen LogP contribution in [0.25, 0.3) is 0 Å². The van der Waals surface area contributed by atoms with Gasteiger partial charge >= 0.3 is 6.18 Å². The fourth-order valence-corrected chi connectivity index (χ4v) is 4.84. The van der Waals surface area contributed by atoms with Gasteiger partial charge in [0, 0.05) is 35.5 Å². The van der Waals surface area contributed by atoms with Crippen LogP contribution in [0.15, 0.2) is 82.8 Å². The third kappa shape index (κ3) is 4.72. The minimum atomic E-state index is -4.95. The summed E-state index contributed by atoms with van der Waals surface area (Å²) in [6.07, 6.45) is -0.231. The zero-order chi connectivity index (χ0) is 27.2. The molecule has 0 bridgehead atoms. The van der Waals surface area contributed by atoms with Gasteiger partial charge in [-0.05, 0) is 50.0 Å². The van der Waals surface area contributed by atoms with Gasteiger partial charge in [-0.25, -0.2) is 4.39 Å². The van der Waals surface area contributed by atoms with E-state index >= 15 is 0 Å². The van der Waals surface area contributed by atoms with Crippen molar-refractivity contribution in [1.82, 2.24) is 21.1 Å². The maximum Gasteiger partial charge on any atom is 0.419 e. The van der Waals surface area contributed by atoms with E-state index in [0.717, 1.165) is 35.4 Å². The van der Waals surface area contributed by atoms with Crippen molar-refractivity contribution in [2.75, 3.05) is 14.1 Å². The average Bonchev–Trinajstić information content (AvgIpc) is 3.12. The molecule has 0 spiro atoms. The molecule has 0 saturated carbocycles. The Kier molecular flexibility index (Phi) is 6.39. The Morgan fingerprint density at radius 3 is 2.66 bits per heavy atom. The number of amides is 2. The number of hydrogen-bond donors (Lipinski definition) is 3. The fourth-order valence-electron chi connectivity index (χ4n) is 4.84. The lowest BCUT2D eigenvalue weighted by atomic mass is 9.79. The summed E-state index contributed by atoms with van der Waals surface area (Å²) in [5.41, 5.74) is 7.03. The normalized spacial score (nSPS) is 20.3. The highest BCUT2D eigenvalue weighted by Gasteiger charge is 2.43. The zero-order valence-corrected chi connectivity index (χ0v) is 20.4. The number of hydrogen-bond acceptors (Lipinski definition) is 5. The second kappa shape index (κ2) is 9.56. The summed E-state index contributed by atoms with van der Waals surface area (Å²) in [6.45, 7) is 0.719. The largest absolute Gasteiger partial charge is 0.419 e. The summed E-state index contributed by atoms with van der Waals surface area (Å²) >= 11 is 0. The van der Waals surface area contributed by atoms with Gasteiger partial charge in [-0.3, -0.25) is 20.0 Å². The van der Waals surface area contributed by atoms with Crippen LogP contribution in [0.2, 0.25) is 0 Å². The van der Waals surface area contributed by atoms with E-state index in [9.17, 15) is 27.2 Å². The van der Waals surface area contributed by atoms with Crippen LogP contribution in [0.3, 0.4) is 0 Å². The summed E-state index contributed by atoms with van der Waals surface area (Å²) in [5, 5.41) is 2.44. The van der Waals surface area contributed by atoms with Gasteiger partial charge in [0.25, 0.3) is 5.91 Å². The molecule has 3 aliphatic rings. The van der Waals surface area contributed by atoms with Gasteiger partial charge in [0.15, 0.2) is 0 Å². The van der Waals surface area contributed by atoms with Crippen LogP contribution in [0.1, 0.15) is 27.0 Å². The van der Waals surface area contributed by atoms with E-state index in [1.54, 1.807) is 12.3 Å². The number of allylic oxidation sites excluding steroid dienone is 2. The van der Waals surface area contributed by atoms with Crippen LogP contribution in [-0.4, -0.2) is 36.5 Å². The first-order valence-corrected chi connectivity index (χ1v) is 11.7. The van der Waals surface area contributed by atoms with Crippen LogP contribution in [0.4, 0.5) is 17.6 Å². The van der Waals surface area contributed by atoms with Crippen LogP contribution < -0.4 is 16.2 Å². The molecule has 0 radical (unpaired) electrons. The molecule has 2 aromatic rings. The molecule has 0 aromatic heterocycles. The molecule has 196 valence electrons. The van der Waals surface area contributed by atoms with Gasteiger partial charge in [0.05, 0.1) is 28.5 Å². The van der Waals surface area contributed by atoms with E-state index in [0.29, 0.717) is 17.5 Å². The van der Waals surface area contributed by atoms with Gasteiger partial charge in [0.1, 0.15) is 5.82 Å². The number of aliphatic imine (C=N–C) groups is 1. The molecule has 2 unspecified atom stereocenters. The van der Waals surface area contributed by atoms with Gasteiger partial charge in [-0.2, -0.15) is 13.2 Å². The Labute approximate surface area is 215 Å². The predicted octanol–water partition coefficient (Wildman–Crippen LogP) is 3.67. The maximum atomic E-state index is 14.5. The number of benzene rings is 2. The molecule has 11 heteroatoms.